The van der Waals surface area contributed by atoms with E-state index in [4.69, 9.17) is 4.74 Å². The lowest BCUT2D eigenvalue weighted by Gasteiger charge is -2.32. The van der Waals surface area contributed by atoms with E-state index >= 15 is 0 Å². The van der Waals surface area contributed by atoms with Crippen LogP contribution in [-0.2, 0) is 4.74 Å². The highest BCUT2D eigenvalue weighted by Gasteiger charge is 2.19. The average Bonchev–Trinajstić information content (AvgIpc) is 2.30. The molecule has 1 aliphatic rings. The molecule has 19 heavy (non-hydrogen) atoms. The minimum atomic E-state index is 0. The Morgan fingerprint density at radius 3 is 2.21 bits per heavy atom. The lowest BCUT2D eigenvalue weighted by atomic mass is 9.97. The summed E-state index contributed by atoms with van der Waals surface area (Å²) in [6.45, 7) is 15.0. The van der Waals surface area contributed by atoms with Gasteiger partial charge in [0.15, 0.2) is 0 Å². The number of likely N-dealkylation sites (tertiary alicyclic amines) is 1. The van der Waals surface area contributed by atoms with Gasteiger partial charge >= 0.3 is 0 Å². The van der Waals surface area contributed by atoms with Crippen LogP contribution < -0.4 is 0 Å². The summed E-state index contributed by atoms with van der Waals surface area (Å²) >= 11 is 0. The molecule has 0 N–H and O–H groups in total. The summed E-state index contributed by atoms with van der Waals surface area (Å²) in [6, 6.07) is 0. The van der Waals surface area contributed by atoms with Crippen molar-refractivity contribution in [1.29, 1.82) is 0 Å². The van der Waals surface area contributed by atoms with Gasteiger partial charge in [0.25, 0.3) is 0 Å². The van der Waals surface area contributed by atoms with Gasteiger partial charge in [0, 0.05) is 19.8 Å². The minimum Gasteiger partial charge on any atom is -0.381 e. The van der Waals surface area contributed by atoms with E-state index in [0.717, 1.165) is 31.0 Å². The van der Waals surface area contributed by atoms with E-state index in [1.807, 2.05) is 0 Å². The summed E-state index contributed by atoms with van der Waals surface area (Å²) in [4.78, 5) is 2.61. The molecule has 0 bridgehead atoms. The summed E-state index contributed by atoms with van der Waals surface area (Å²) < 4.78 is 5.82. The highest BCUT2D eigenvalue weighted by atomic mass is 16.5. The van der Waals surface area contributed by atoms with Crippen molar-refractivity contribution in [2.24, 2.45) is 17.8 Å². The van der Waals surface area contributed by atoms with Gasteiger partial charge in [-0.1, -0.05) is 35.1 Å². The van der Waals surface area contributed by atoms with Crippen LogP contribution in [0.1, 0.15) is 60.8 Å². The van der Waals surface area contributed by atoms with E-state index in [0.29, 0.717) is 0 Å². The lowest BCUT2D eigenvalue weighted by Crippen LogP contribution is -2.37. The number of hydrogen-bond donors (Lipinski definition) is 0. The molecule has 2 heteroatoms. The third kappa shape index (κ3) is 9.45. The molecule has 0 amide bonds. The summed E-state index contributed by atoms with van der Waals surface area (Å²) in [5, 5.41) is 0. The first kappa shape index (κ1) is 18.9. The maximum absolute atomic E-state index is 5.82. The molecule has 1 aliphatic heterocycles. The predicted octanol–water partition coefficient (Wildman–Crippen LogP) is 4.44. The van der Waals surface area contributed by atoms with Crippen LogP contribution in [0, 0.1) is 17.8 Å². The van der Waals surface area contributed by atoms with E-state index in [9.17, 15) is 0 Å². The largest absolute Gasteiger partial charge is 0.381 e. The smallest absolute Gasteiger partial charge is 0.0495 e. The van der Waals surface area contributed by atoms with Gasteiger partial charge in [-0.05, 0) is 56.5 Å². The third-order valence-electron chi connectivity index (χ3n) is 3.75. The van der Waals surface area contributed by atoms with Crippen molar-refractivity contribution in [3.63, 3.8) is 0 Å². The Bertz CT molecular complexity index is 195. The zero-order chi connectivity index (χ0) is 13.4. The van der Waals surface area contributed by atoms with Crippen molar-refractivity contribution in [2.75, 3.05) is 32.8 Å². The molecule has 2 nitrogen and oxygen atoms in total. The van der Waals surface area contributed by atoms with E-state index < -0.39 is 0 Å². The van der Waals surface area contributed by atoms with Gasteiger partial charge in [-0.15, -0.1) is 0 Å². The van der Waals surface area contributed by atoms with E-state index in [1.54, 1.807) is 0 Å². The van der Waals surface area contributed by atoms with Crippen molar-refractivity contribution in [2.45, 2.75) is 60.8 Å². The Balaban J connectivity index is 0.00000324. The molecule has 0 saturated carbocycles. The Morgan fingerprint density at radius 1 is 1.05 bits per heavy atom. The van der Waals surface area contributed by atoms with Gasteiger partial charge in [-0.3, -0.25) is 0 Å². The fourth-order valence-corrected chi connectivity index (χ4v) is 2.70. The van der Waals surface area contributed by atoms with Crippen LogP contribution >= 0.6 is 0 Å². The minimum absolute atomic E-state index is 0. The Kier molecular flexibility index (Phi) is 10.6. The second-order valence-corrected chi connectivity index (χ2v) is 6.75. The van der Waals surface area contributed by atoms with E-state index in [-0.39, 0.29) is 7.43 Å². The quantitative estimate of drug-likeness (QED) is 0.605. The van der Waals surface area contributed by atoms with E-state index in [1.165, 1.54) is 45.3 Å². The lowest BCUT2D eigenvalue weighted by molar-refractivity contribution is 0.0616. The fourth-order valence-electron chi connectivity index (χ4n) is 2.70. The molecule has 1 saturated heterocycles. The second-order valence-electron chi connectivity index (χ2n) is 6.75. The SMILES string of the molecule is C.CC(C)CCCOCC1CCN(CC(C)C)CC1. The van der Waals surface area contributed by atoms with Gasteiger partial charge in [0.05, 0.1) is 0 Å². The van der Waals surface area contributed by atoms with Crippen LogP contribution in [0.4, 0.5) is 0 Å². The summed E-state index contributed by atoms with van der Waals surface area (Å²) in [6.07, 6.45) is 5.19. The number of hydrogen-bond acceptors (Lipinski definition) is 2. The topological polar surface area (TPSA) is 12.5 Å². The number of nitrogens with zero attached hydrogens (tertiary/aromatic N) is 1. The zero-order valence-corrected chi connectivity index (χ0v) is 13.0. The molecule has 1 heterocycles. The fraction of sp³-hybridized carbons (Fsp3) is 1.00. The predicted molar refractivity (Wildman–Crippen MR) is 85.6 cm³/mol. The van der Waals surface area contributed by atoms with Crippen LogP contribution in [0.2, 0.25) is 0 Å². The van der Waals surface area contributed by atoms with Gasteiger partial charge in [-0.2, -0.15) is 0 Å². The molecule has 1 fully saturated rings. The first-order chi connectivity index (χ1) is 8.58. The standard InChI is InChI=1S/C16H33NO.CH4/c1-14(2)6-5-11-18-13-16-7-9-17(10-8-16)12-15(3)4;/h14-16H,5-13H2,1-4H3;1H4. The molecular weight excluding hydrogens is 234 g/mol. The molecule has 0 aromatic rings. The van der Waals surface area contributed by atoms with Gasteiger partial charge < -0.3 is 9.64 Å². The normalized spacial score (nSPS) is 18.0. The Labute approximate surface area is 121 Å². The molecule has 116 valence electrons. The van der Waals surface area contributed by atoms with Crippen LogP contribution in [0.15, 0.2) is 0 Å². The molecular formula is C17H37NO. The van der Waals surface area contributed by atoms with Crippen molar-refractivity contribution in [1.82, 2.24) is 4.90 Å². The average molecular weight is 271 g/mol. The molecule has 0 unspecified atom stereocenters. The number of rotatable bonds is 8. The van der Waals surface area contributed by atoms with Crippen molar-refractivity contribution < 1.29 is 4.74 Å². The molecule has 0 radical (unpaired) electrons. The summed E-state index contributed by atoms with van der Waals surface area (Å²) in [7, 11) is 0. The van der Waals surface area contributed by atoms with Crippen molar-refractivity contribution in [3.8, 4) is 0 Å². The zero-order valence-electron chi connectivity index (χ0n) is 13.0. The Morgan fingerprint density at radius 2 is 1.68 bits per heavy atom. The number of piperidine rings is 1. The molecule has 1 rings (SSSR count). The second kappa shape index (κ2) is 10.7. The molecule has 0 atom stereocenters. The summed E-state index contributed by atoms with van der Waals surface area (Å²) in [5.41, 5.74) is 0. The third-order valence-corrected chi connectivity index (χ3v) is 3.75. The molecule has 0 aromatic carbocycles. The monoisotopic (exact) mass is 271 g/mol. The summed E-state index contributed by atoms with van der Waals surface area (Å²) in [5.74, 6) is 2.43. The molecule has 0 spiro atoms. The van der Waals surface area contributed by atoms with Crippen LogP contribution in [-0.4, -0.2) is 37.7 Å². The van der Waals surface area contributed by atoms with Crippen LogP contribution in [0.25, 0.3) is 0 Å². The van der Waals surface area contributed by atoms with Crippen LogP contribution in [0.3, 0.4) is 0 Å². The van der Waals surface area contributed by atoms with E-state index in [2.05, 4.69) is 32.6 Å². The first-order valence-corrected chi connectivity index (χ1v) is 7.88. The highest BCUT2D eigenvalue weighted by Crippen LogP contribution is 2.18. The van der Waals surface area contributed by atoms with Gasteiger partial charge in [-0.25, -0.2) is 0 Å². The first-order valence-electron chi connectivity index (χ1n) is 7.88. The van der Waals surface area contributed by atoms with Crippen molar-refractivity contribution in [3.05, 3.63) is 0 Å². The maximum atomic E-state index is 5.82. The molecule has 0 aliphatic carbocycles. The number of ether oxygens (including phenoxy) is 1. The van der Waals surface area contributed by atoms with Gasteiger partial charge in [0.1, 0.15) is 0 Å². The molecule has 0 aromatic heterocycles. The highest BCUT2D eigenvalue weighted by molar-refractivity contribution is 4.72. The van der Waals surface area contributed by atoms with Crippen molar-refractivity contribution >= 4 is 0 Å². The Hall–Kier alpha value is -0.0800. The van der Waals surface area contributed by atoms with Gasteiger partial charge in [0.2, 0.25) is 0 Å². The van der Waals surface area contributed by atoms with Crippen LogP contribution in [0.5, 0.6) is 0 Å². The maximum Gasteiger partial charge on any atom is 0.0495 e.